The standard InChI is InChI=1S/C12H14O3/c1-3-15-11-7-5-4-6-10(11)8-9-12(13)14-2/h4-9H,3H2,1-2H3/b9-8+. The van der Waals surface area contributed by atoms with Crippen molar-refractivity contribution in [3.8, 4) is 5.75 Å². The van der Waals surface area contributed by atoms with E-state index in [4.69, 9.17) is 4.74 Å². The Balaban J connectivity index is 2.83. The summed E-state index contributed by atoms with van der Waals surface area (Å²) in [6, 6.07) is 7.52. The van der Waals surface area contributed by atoms with Crippen LogP contribution >= 0.6 is 0 Å². The lowest BCUT2D eigenvalue weighted by Gasteiger charge is -2.05. The van der Waals surface area contributed by atoms with E-state index >= 15 is 0 Å². The molecule has 0 bridgehead atoms. The molecule has 0 radical (unpaired) electrons. The Hall–Kier alpha value is -1.77. The number of ether oxygens (including phenoxy) is 2. The second kappa shape index (κ2) is 5.86. The molecule has 1 rings (SSSR count). The number of carbonyl (C=O) groups excluding carboxylic acids is 1. The van der Waals surface area contributed by atoms with Crippen LogP contribution in [0, 0.1) is 0 Å². The van der Waals surface area contributed by atoms with Gasteiger partial charge in [-0.25, -0.2) is 4.79 Å². The van der Waals surface area contributed by atoms with Gasteiger partial charge in [0.2, 0.25) is 0 Å². The molecule has 0 aliphatic rings. The van der Waals surface area contributed by atoms with E-state index in [1.165, 1.54) is 13.2 Å². The number of esters is 1. The van der Waals surface area contributed by atoms with E-state index in [1.54, 1.807) is 6.08 Å². The van der Waals surface area contributed by atoms with E-state index in [9.17, 15) is 4.79 Å². The lowest BCUT2D eigenvalue weighted by atomic mass is 10.2. The molecule has 1 aromatic rings. The summed E-state index contributed by atoms with van der Waals surface area (Å²) in [4.78, 5) is 10.9. The van der Waals surface area contributed by atoms with Gasteiger partial charge in [0.25, 0.3) is 0 Å². The van der Waals surface area contributed by atoms with Crippen LogP contribution in [0.5, 0.6) is 5.75 Å². The van der Waals surface area contributed by atoms with Crippen molar-refractivity contribution in [1.29, 1.82) is 0 Å². The summed E-state index contributed by atoms with van der Waals surface area (Å²) in [5.74, 6) is 0.390. The molecule has 0 saturated heterocycles. The molecule has 15 heavy (non-hydrogen) atoms. The Bertz CT molecular complexity index is 356. The molecule has 0 saturated carbocycles. The minimum absolute atomic E-state index is 0.374. The highest BCUT2D eigenvalue weighted by Crippen LogP contribution is 2.19. The highest BCUT2D eigenvalue weighted by molar-refractivity contribution is 5.87. The maximum absolute atomic E-state index is 10.9. The summed E-state index contributed by atoms with van der Waals surface area (Å²) in [7, 11) is 1.35. The van der Waals surface area contributed by atoms with E-state index in [-0.39, 0.29) is 5.97 Å². The molecule has 0 atom stereocenters. The maximum atomic E-state index is 10.9. The maximum Gasteiger partial charge on any atom is 0.330 e. The fourth-order valence-electron chi connectivity index (χ4n) is 1.13. The van der Waals surface area contributed by atoms with Crippen LogP contribution in [-0.2, 0) is 9.53 Å². The smallest absolute Gasteiger partial charge is 0.330 e. The molecule has 0 heterocycles. The molecule has 80 valence electrons. The zero-order chi connectivity index (χ0) is 11.1. The van der Waals surface area contributed by atoms with Crippen molar-refractivity contribution in [2.24, 2.45) is 0 Å². The number of hydrogen-bond acceptors (Lipinski definition) is 3. The van der Waals surface area contributed by atoms with Gasteiger partial charge in [-0.05, 0) is 19.1 Å². The van der Waals surface area contributed by atoms with Gasteiger partial charge >= 0.3 is 5.97 Å². The Morgan fingerprint density at radius 1 is 1.40 bits per heavy atom. The van der Waals surface area contributed by atoms with Crippen LogP contribution in [0.25, 0.3) is 6.08 Å². The van der Waals surface area contributed by atoms with E-state index in [2.05, 4.69) is 4.74 Å². The first-order chi connectivity index (χ1) is 7.27. The Morgan fingerprint density at radius 2 is 2.13 bits per heavy atom. The number of para-hydroxylation sites is 1. The molecule has 0 fully saturated rings. The van der Waals surface area contributed by atoms with E-state index in [0.717, 1.165) is 11.3 Å². The van der Waals surface area contributed by atoms with Crippen LogP contribution in [0.1, 0.15) is 12.5 Å². The monoisotopic (exact) mass is 206 g/mol. The van der Waals surface area contributed by atoms with Gasteiger partial charge in [0.05, 0.1) is 13.7 Å². The van der Waals surface area contributed by atoms with Crippen molar-refractivity contribution in [3.63, 3.8) is 0 Å². The zero-order valence-corrected chi connectivity index (χ0v) is 8.90. The Morgan fingerprint density at radius 3 is 2.80 bits per heavy atom. The van der Waals surface area contributed by atoms with Crippen LogP contribution in [0.4, 0.5) is 0 Å². The molecule has 0 spiro atoms. The van der Waals surface area contributed by atoms with Gasteiger partial charge in [0.15, 0.2) is 0 Å². The fraction of sp³-hybridized carbons (Fsp3) is 0.250. The molecular weight excluding hydrogens is 192 g/mol. The predicted molar refractivity (Wildman–Crippen MR) is 58.7 cm³/mol. The number of benzene rings is 1. The van der Waals surface area contributed by atoms with Gasteiger partial charge in [-0.2, -0.15) is 0 Å². The molecular formula is C12H14O3. The summed E-state index contributed by atoms with van der Waals surface area (Å²) in [5.41, 5.74) is 0.866. The normalized spacial score (nSPS) is 10.3. The first-order valence-electron chi connectivity index (χ1n) is 4.75. The first-order valence-corrected chi connectivity index (χ1v) is 4.75. The van der Waals surface area contributed by atoms with Crippen LogP contribution in [0.15, 0.2) is 30.3 Å². The highest BCUT2D eigenvalue weighted by Gasteiger charge is 1.99. The third kappa shape index (κ3) is 3.46. The Kier molecular flexibility index (Phi) is 4.41. The molecule has 0 aliphatic carbocycles. The summed E-state index contributed by atoms with van der Waals surface area (Å²) in [6.07, 6.45) is 3.05. The third-order valence-electron chi connectivity index (χ3n) is 1.82. The third-order valence-corrected chi connectivity index (χ3v) is 1.82. The van der Waals surface area contributed by atoms with Gasteiger partial charge in [0.1, 0.15) is 5.75 Å². The molecule has 0 amide bonds. The van der Waals surface area contributed by atoms with Crippen molar-refractivity contribution < 1.29 is 14.3 Å². The lowest BCUT2D eigenvalue weighted by Crippen LogP contribution is -1.95. The number of carbonyl (C=O) groups is 1. The molecule has 0 aliphatic heterocycles. The average Bonchev–Trinajstić information content (AvgIpc) is 2.28. The van der Waals surface area contributed by atoms with Crippen LogP contribution in [0.3, 0.4) is 0 Å². The Labute approximate surface area is 89.3 Å². The van der Waals surface area contributed by atoms with Gasteiger partial charge < -0.3 is 9.47 Å². The highest BCUT2D eigenvalue weighted by atomic mass is 16.5. The van der Waals surface area contributed by atoms with Crippen molar-refractivity contribution in [2.75, 3.05) is 13.7 Å². The number of rotatable bonds is 4. The van der Waals surface area contributed by atoms with Crippen LogP contribution in [0.2, 0.25) is 0 Å². The first kappa shape index (κ1) is 11.3. The minimum atomic E-state index is -0.374. The van der Waals surface area contributed by atoms with Gasteiger partial charge in [-0.15, -0.1) is 0 Å². The van der Waals surface area contributed by atoms with Crippen LogP contribution in [-0.4, -0.2) is 19.7 Å². The zero-order valence-electron chi connectivity index (χ0n) is 8.90. The van der Waals surface area contributed by atoms with Crippen molar-refractivity contribution in [2.45, 2.75) is 6.92 Å². The van der Waals surface area contributed by atoms with E-state index in [1.807, 2.05) is 31.2 Å². The summed E-state index contributed by atoms with van der Waals surface area (Å²) in [6.45, 7) is 2.52. The van der Waals surface area contributed by atoms with Gasteiger partial charge in [0, 0.05) is 11.6 Å². The molecule has 1 aromatic carbocycles. The predicted octanol–water partition coefficient (Wildman–Crippen LogP) is 2.27. The molecule has 0 N–H and O–H groups in total. The molecule has 3 nitrogen and oxygen atoms in total. The second-order valence-corrected chi connectivity index (χ2v) is 2.83. The van der Waals surface area contributed by atoms with Crippen molar-refractivity contribution in [3.05, 3.63) is 35.9 Å². The molecule has 0 aromatic heterocycles. The summed E-state index contributed by atoms with van der Waals surface area (Å²) < 4.78 is 9.90. The van der Waals surface area contributed by atoms with E-state index < -0.39 is 0 Å². The second-order valence-electron chi connectivity index (χ2n) is 2.83. The van der Waals surface area contributed by atoms with E-state index in [0.29, 0.717) is 6.61 Å². The number of hydrogen-bond donors (Lipinski definition) is 0. The largest absolute Gasteiger partial charge is 0.493 e. The topological polar surface area (TPSA) is 35.5 Å². The summed E-state index contributed by atoms with van der Waals surface area (Å²) in [5, 5.41) is 0. The lowest BCUT2D eigenvalue weighted by molar-refractivity contribution is -0.134. The quantitative estimate of drug-likeness (QED) is 0.560. The average molecular weight is 206 g/mol. The minimum Gasteiger partial charge on any atom is -0.493 e. The van der Waals surface area contributed by atoms with Crippen molar-refractivity contribution in [1.82, 2.24) is 0 Å². The van der Waals surface area contributed by atoms with Gasteiger partial charge in [-0.1, -0.05) is 18.2 Å². The molecule has 0 unspecified atom stereocenters. The van der Waals surface area contributed by atoms with Crippen molar-refractivity contribution >= 4 is 12.0 Å². The fourth-order valence-corrected chi connectivity index (χ4v) is 1.13. The summed E-state index contributed by atoms with van der Waals surface area (Å²) >= 11 is 0. The molecule has 3 heteroatoms. The number of methoxy groups -OCH3 is 1. The van der Waals surface area contributed by atoms with Crippen LogP contribution < -0.4 is 4.74 Å². The van der Waals surface area contributed by atoms with Gasteiger partial charge in [-0.3, -0.25) is 0 Å². The SMILES string of the molecule is CCOc1ccccc1/C=C/C(=O)OC.